The molecule has 0 aliphatic carbocycles. The van der Waals surface area contributed by atoms with Gasteiger partial charge in [-0.05, 0) is 38.0 Å². The number of aryl methyl sites for hydroxylation is 1. The summed E-state index contributed by atoms with van der Waals surface area (Å²) in [5.41, 5.74) is -0.404. The topological polar surface area (TPSA) is 286 Å². The first-order valence-corrected chi connectivity index (χ1v) is 15.7. The van der Waals surface area contributed by atoms with Crippen molar-refractivity contribution in [1.29, 1.82) is 0 Å². The summed E-state index contributed by atoms with van der Waals surface area (Å²) in [6, 6.07) is 6.88. The first kappa shape index (κ1) is 37.1. The molecule has 272 valence electrons. The molecule has 0 spiro atoms. The zero-order valence-corrected chi connectivity index (χ0v) is 26.5. The molecule has 17 nitrogen and oxygen atoms in total. The lowest BCUT2D eigenvalue weighted by Crippen LogP contribution is -2.59. The molecule has 49 heavy (non-hydrogen) atoms. The predicted octanol–water partition coefficient (Wildman–Crippen LogP) is -2.17. The zero-order chi connectivity index (χ0) is 35.9. The second kappa shape index (κ2) is 15.0. The highest BCUT2D eigenvalue weighted by atomic mass is 16.8. The Balaban J connectivity index is 1.51. The van der Waals surface area contributed by atoms with Gasteiger partial charge in [0.25, 0.3) is 0 Å². The Morgan fingerprint density at radius 2 is 1.37 bits per heavy atom. The highest BCUT2D eigenvalue weighted by Gasteiger charge is 2.51. The molecule has 11 N–H and O–H groups in total. The number of aliphatic hydroxyl groups excluding tert-OH is 8. The van der Waals surface area contributed by atoms with Crippen molar-refractivity contribution >= 4 is 5.78 Å². The lowest BCUT2D eigenvalue weighted by molar-refractivity contribution is -0.316. The average molecular weight is 699 g/mol. The van der Waals surface area contributed by atoms with E-state index in [1.807, 2.05) is 0 Å². The number of rotatable bonds is 10. The molecular formula is C32H42O17. The molecule has 0 unspecified atom stereocenters. The van der Waals surface area contributed by atoms with E-state index >= 15 is 0 Å². The van der Waals surface area contributed by atoms with E-state index in [0.717, 1.165) is 6.07 Å². The van der Waals surface area contributed by atoms with Crippen LogP contribution in [0.15, 0.2) is 30.3 Å². The van der Waals surface area contributed by atoms with E-state index in [1.165, 1.54) is 26.0 Å². The van der Waals surface area contributed by atoms with Gasteiger partial charge in [-0.1, -0.05) is 12.1 Å². The molecule has 2 aromatic carbocycles. The van der Waals surface area contributed by atoms with Crippen LogP contribution in [0.1, 0.15) is 47.9 Å². The summed E-state index contributed by atoms with van der Waals surface area (Å²) < 4.78 is 28.4. The number of hydrogen-bond donors (Lipinski definition) is 11. The highest BCUT2D eigenvalue weighted by Crippen LogP contribution is 2.47. The summed E-state index contributed by atoms with van der Waals surface area (Å²) in [5, 5.41) is 115. The van der Waals surface area contributed by atoms with Crippen molar-refractivity contribution in [3.63, 3.8) is 0 Å². The van der Waals surface area contributed by atoms with Crippen LogP contribution in [-0.2, 0) is 25.4 Å². The number of Topliss-reactive ketones (excluding diaryl/α,β-unsaturated/α-hetero) is 1. The Labute approximate surface area is 279 Å². The number of carbonyl (C=O) groups excluding carboxylic acids is 1. The van der Waals surface area contributed by atoms with Crippen LogP contribution in [0.4, 0.5) is 0 Å². The summed E-state index contributed by atoms with van der Waals surface area (Å²) in [7, 11) is 0. The van der Waals surface area contributed by atoms with Crippen molar-refractivity contribution < 1.29 is 84.7 Å². The first-order chi connectivity index (χ1) is 23.1. The van der Waals surface area contributed by atoms with Crippen molar-refractivity contribution in [1.82, 2.24) is 0 Å². The molecule has 17 heteroatoms. The minimum atomic E-state index is -1.86. The van der Waals surface area contributed by atoms with Gasteiger partial charge >= 0.3 is 0 Å². The van der Waals surface area contributed by atoms with E-state index in [1.54, 1.807) is 12.1 Å². The molecule has 3 heterocycles. The van der Waals surface area contributed by atoms with Crippen LogP contribution in [-0.4, -0.2) is 148 Å². The molecule has 0 amide bonds. The molecule has 3 fully saturated rings. The monoisotopic (exact) mass is 698 g/mol. The van der Waals surface area contributed by atoms with Gasteiger partial charge < -0.3 is 79.9 Å². The fourth-order valence-electron chi connectivity index (χ4n) is 6.12. The largest absolute Gasteiger partial charge is 0.508 e. The Hall–Kier alpha value is -3.17. The summed E-state index contributed by atoms with van der Waals surface area (Å²) in [5.74, 6) is -2.94. The van der Waals surface area contributed by atoms with Gasteiger partial charge in [-0.3, -0.25) is 4.79 Å². The van der Waals surface area contributed by atoms with Crippen LogP contribution < -0.4 is 4.74 Å². The Morgan fingerprint density at radius 3 is 2.00 bits per heavy atom. The predicted molar refractivity (Wildman–Crippen MR) is 161 cm³/mol. The number of aliphatic hydroxyl groups is 8. The van der Waals surface area contributed by atoms with Crippen LogP contribution in [0.2, 0.25) is 0 Å². The molecule has 0 bridgehead atoms. The van der Waals surface area contributed by atoms with Gasteiger partial charge in [0, 0.05) is 12.5 Å². The van der Waals surface area contributed by atoms with Crippen LogP contribution >= 0.6 is 0 Å². The maximum atomic E-state index is 13.8. The highest BCUT2D eigenvalue weighted by molar-refractivity contribution is 6.02. The summed E-state index contributed by atoms with van der Waals surface area (Å²) in [6.45, 7) is 2.04. The molecule has 2 aromatic rings. The number of phenols is 3. The van der Waals surface area contributed by atoms with E-state index in [4.69, 9.17) is 23.7 Å². The summed E-state index contributed by atoms with van der Waals surface area (Å²) in [4.78, 5) is 13.8. The minimum absolute atomic E-state index is 0.00200. The molecule has 5 rings (SSSR count). The van der Waals surface area contributed by atoms with Crippen LogP contribution in [0.25, 0.3) is 0 Å². The van der Waals surface area contributed by atoms with Crippen LogP contribution in [0.3, 0.4) is 0 Å². The number of ether oxygens (including phenoxy) is 5. The zero-order valence-electron chi connectivity index (χ0n) is 26.5. The quantitative estimate of drug-likeness (QED) is 0.118. The average Bonchev–Trinajstić information content (AvgIpc) is 3.36. The van der Waals surface area contributed by atoms with Crippen LogP contribution in [0, 0.1) is 0 Å². The van der Waals surface area contributed by atoms with Gasteiger partial charge in [0.05, 0.1) is 24.4 Å². The van der Waals surface area contributed by atoms with Crippen LogP contribution in [0.5, 0.6) is 23.0 Å². The Kier molecular flexibility index (Phi) is 11.3. The van der Waals surface area contributed by atoms with E-state index in [9.17, 15) is 61.0 Å². The molecule has 14 atom stereocenters. The molecule has 0 radical (unpaired) electrons. The van der Waals surface area contributed by atoms with Gasteiger partial charge in [-0.25, -0.2) is 0 Å². The first-order valence-electron chi connectivity index (χ1n) is 15.7. The standard InChI is InChI=1S/C32H42O17/c1-11-21(37)25(41)27(43)29(45-11)20-16(36)9-17(19(24(20)40)15(35)8-5-13-3-6-14(34)7-4-13)47-32-30(23(39)18(10-33)48-32)49-31-28(44)26(42)22(38)12(2)46-31/h3-4,6-7,9,11-12,18,21-23,25-34,36-44H,5,8,10H2,1-2H3/t11-,12+,18+,21+,22+,23+,25+,26-,27-,28-,29+,30-,31+,32-/m1/s1. The normalized spacial score (nSPS) is 38.0. The second-order valence-corrected chi connectivity index (χ2v) is 12.5. The van der Waals surface area contributed by atoms with Gasteiger partial charge in [-0.2, -0.15) is 0 Å². The van der Waals surface area contributed by atoms with Crippen molar-refractivity contribution in [2.75, 3.05) is 6.61 Å². The fraction of sp³-hybridized carbons (Fsp3) is 0.594. The third kappa shape index (κ3) is 7.34. The maximum absolute atomic E-state index is 13.8. The van der Waals surface area contributed by atoms with Crippen molar-refractivity contribution in [2.24, 2.45) is 0 Å². The number of aromatic hydroxyl groups is 3. The van der Waals surface area contributed by atoms with Gasteiger partial charge in [0.15, 0.2) is 18.2 Å². The van der Waals surface area contributed by atoms with Gasteiger partial charge in [0.2, 0.25) is 6.29 Å². The number of hydrogen-bond acceptors (Lipinski definition) is 17. The maximum Gasteiger partial charge on any atom is 0.229 e. The lowest BCUT2D eigenvalue weighted by atomic mass is 9.88. The summed E-state index contributed by atoms with van der Waals surface area (Å²) in [6.07, 6.45) is -21.8. The molecule has 0 saturated carbocycles. The van der Waals surface area contributed by atoms with Gasteiger partial charge in [-0.15, -0.1) is 0 Å². The van der Waals surface area contributed by atoms with Crippen molar-refractivity contribution in [3.05, 3.63) is 47.0 Å². The fourth-order valence-corrected chi connectivity index (χ4v) is 6.12. The van der Waals surface area contributed by atoms with Crippen molar-refractivity contribution in [3.8, 4) is 23.0 Å². The van der Waals surface area contributed by atoms with E-state index in [-0.39, 0.29) is 18.6 Å². The molecule has 3 saturated heterocycles. The third-order valence-corrected chi connectivity index (χ3v) is 9.09. The minimum Gasteiger partial charge on any atom is -0.508 e. The SMILES string of the molecule is C[C@@H]1O[C@@H](O[C@H]2[C@H](Oc3cc(O)c([C@@H]4O[C@H](C)[C@H](O)[C@H](O)[C@H]4O)c(O)c3C(=O)CCc3ccc(O)cc3)O[C@@H](CO)[C@@H]2O)[C@H](O)[C@H](O)[C@H]1O. The summed E-state index contributed by atoms with van der Waals surface area (Å²) >= 11 is 0. The molecule has 3 aliphatic heterocycles. The van der Waals surface area contributed by atoms with E-state index < -0.39 is 127 Å². The molecule has 0 aromatic heterocycles. The third-order valence-electron chi connectivity index (χ3n) is 9.09. The number of phenolic OH excluding ortho intramolecular Hbond substituents is 3. The van der Waals surface area contributed by atoms with Crippen molar-refractivity contribution in [2.45, 2.75) is 113 Å². The molecule has 3 aliphatic rings. The lowest BCUT2D eigenvalue weighted by Gasteiger charge is -2.40. The van der Waals surface area contributed by atoms with E-state index in [0.29, 0.717) is 5.56 Å². The Bertz CT molecular complexity index is 1450. The second-order valence-electron chi connectivity index (χ2n) is 12.5. The Morgan fingerprint density at radius 1 is 0.755 bits per heavy atom. The number of ketones is 1. The number of benzene rings is 2. The smallest absolute Gasteiger partial charge is 0.229 e. The molecular weight excluding hydrogens is 656 g/mol. The van der Waals surface area contributed by atoms with Gasteiger partial charge in [0.1, 0.15) is 83.5 Å². The van der Waals surface area contributed by atoms with E-state index in [2.05, 4.69) is 0 Å². The number of carbonyl (C=O) groups is 1.